The SMILES string of the molecule is C=CCN1CC[C@H](Oc2cc(F)ccc2[N+](=O)[O-])C1=O. The summed E-state index contributed by atoms with van der Waals surface area (Å²) in [6.07, 6.45) is 1.17. The van der Waals surface area contributed by atoms with Gasteiger partial charge in [0.1, 0.15) is 5.82 Å². The fourth-order valence-corrected chi connectivity index (χ4v) is 2.04. The Morgan fingerprint density at radius 1 is 1.60 bits per heavy atom. The van der Waals surface area contributed by atoms with Crippen molar-refractivity contribution in [3.05, 3.63) is 46.8 Å². The maximum Gasteiger partial charge on any atom is 0.311 e. The molecule has 1 heterocycles. The van der Waals surface area contributed by atoms with Crippen LogP contribution in [0.2, 0.25) is 0 Å². The van der Waals surface area contributed by atoms with E-state index in [4.69, 9.17) is 4.74 Å². The van der Waals surface area contributed by atoms with E-state index in [9.17, 15) is 19.3 Å². The number of rotatable bonds is 5. The molecule has 0 radical (unpaired) electrons. The highest BCUT2D eigenvalue weighted by Gasteiger charge is 2.34. The second kappa shape index (κ2) is 5.68. The van der Waals surface area contributed by atoms with E-state index in [1.807, 2.05) is 0 Å². The lowest BCUT2D eigenvalue weighted by molar-refractivity contribution is -0.386. The molecule has 1 fully saturated rings. The summed E-state index contributed by atoms with van der Waals surface area (Å²) in [4.78, 5) is 23.7. The number of nitro benzene ring substituents is 1. The van der Waals surface area contributed by atoms with Crippen molar-refractivity contribution >= 4 is 11.6 Å². The van der Waals surface area contributed by atoms with Gasteiger partial charge in [-0.2, -0.15) is 0 Å². The largest absolute Gasteiger partial charge is 0.473 e. The number of hydrogen-bond acceptors (Lipinski definition) is 4. The Balaban J connectivity index is 2.18. The molecule has 1 amide bonds. The van der Waals surface area contributed by atoms with E-state index in [1.54, 1.807) is 6.08 Å². The van der Waals surface area contributed by atoms with E-state index in [0.717, 1.165) is 18.2 Å². The van der Waals surface area contributed by atoms with Gasteiger partial charge in [-0.3, -0.25) is 14.9 Å². The van der Waals surface area contributed by atoms with E-state index in [-0.39, 0.29) is 17.3 Å². The van der Waals surface area contributed by atoms with E-state index >= 15 is 0 Å². The maximum absolute atomic E-state index is 13.2. The third kappa shape index (κ3) is 2.76. The van der Waals surface area contributed by atoms with Gasteiger partial charge < -0.3 is 9.64 Å². The summed E-state index contributed by atoms with van der Waals surface area (Å²) in [7, 11) is 0. The molecule has 20 heavy (non-hydrogen) atoms. The molecular weight excluding hydrogens is 267 g/mol. The molecule has 1 atom stereocenters. The molecule has 2 rings (SSSR count). The van der Waals surface area contributed by atoms with Crippen LogP contribution in [0.1, 0.15) is 6.42 Å². The van der Waals surface area contributed by atoms with Crippen molar-refractivity contribution in [1.82, 2.24) is 4.90 Å². The normalized spacial score (nSPS) is 18.1. The molecule has 0 N–H and O–H groups in total. The molecule has 0 spiro atoms. The lowest BCUT2D eigenvalue weighted by Gasteiger charge is -2.15. The number of carbonyl (C=O) groups is 1. The minimum atomic E-state index is -0.824. The zero-order valence-corrected chi connectivity index (χ0v) is 10.6. The van der Waals surface area contributed by atoms with E-state index < -0.39 is 16.8 Å². The van der Waals surface area contributed by atoms with Crippen LogP contribution in [0.5, 0.6) is 5.75 Å². The van der Waals surface area contributed by atoms with E-state index in [1.165, 1.54) is 4.90 Å². The molecule has 1 aromatic rings. The van der Waals surface area contributed by atoms with Crippen molar-refractivity contribution < 1.29 is 18.8 Å². The zero-order chi connectivity index (χ0) is 14.7. The number of halogens is 1. The molecule has 0 saturated carbocycles. The Bertz CT molecular complexity index is 561. The standard InChI is InChI=1S/C13H13FN2O4/c1-2-6-15-7-5-11(13(15)17)20-12-8-9(14)3-4-10(12)16(18)19/h2-4,8,11H,1,5-7H2/t11-/m0/s1. The van der Waals surface area contributed by atoms with Crippen molar-refractivity contribution in [2.24, 2.45) is 0 Å². The molecule has 1 saturated heterocycles. The number of nitrogens with zero attached hydrogens (tertiary/aromatic N) is 2. The molecular formula is C13H13FN2O4. The zero-order valence-electron chi connectivity index (χ0n) is 10.6. The molecule has 0 unspecified atom stereocenters. The molecule has 0 aromatic heterocycles. The minimum absolute atomic E-state index is 0.228. The average molecular weight is 280 g/mol. The van der Waals surface area contributed by atoms with Gasteiger partial charge in [-0.15, -0.1) is 6.58 Å². The summed E-state index contributed by atoms with van der Waals surface area (Å²) in [6, 6.07) is 2.92. The van der Waals surface area contributed by atoms with Crippen LogP contribution in [0, 0.1) is 15.9 Å². The number of hydrogen-bond donors (Lipinski definition) is 0. The van der Waals surface area contributed by atoms with Crippen LogP contribution in [0.15, 0.2) is 30.9 Å². The number of nitro groups is 1. The predicted octanol–water partition coefficient (Wildman–Crippen LogP) is 1.90. The van der Waals surface area contributed by atoms with Crippen LogP contribution >= 0.6 is 0 Å². The van der Waals surface area contributed by atoms with Crippen LogP contribution in [0.3, 0.4) is 0 Å². The van der Waals surface area contributed by atoms with Crippen molar-refractivity contribution in [1.29, 1.82) is 0 Å². The first-order valence-electron chi connectivity index (χ1n) is 6.03. The third-order valence-corrected chi connectivity index (χ3v) is 2.99. The van der Waals surface area contributed by atoms with Crippen LogP contribution in [0.25, 0.3) is 0 Å². The molecule has 106 valence electrons. The topological polar surface area (TPSA) is 72.7 Å². The van der Waals surface area contributed by atoms with Gasteiger partial charge in [-0.25, -0.2) is 4.39 Å². The Hall–Kier alpha value is -2.44. The number of amides is 1. The summed E-state index contributed by atoms with van der Waals surface area (Å²) >= 11 is 0. The Morgan fingerprint density at radius 3 is 3.00 bits per heavy atom. The molecule has 1 aliphatic rings. The van der Waals surface area contributed by atoms with Crippen molar-refractivity contribution in [3.63, 3.8) is 0 Å². The fraction of sp³-hybridized carbons (Fsp3) is 0.308. The van der Waals surface area contributed by atoms with Gasteiger partial charge in [0.25, 0.3) is 5.91 Å². The summed E-state index contributed by atoms with van der Waals surface area (Å²) < 4.78 is 18.5. The first-order valence-corrected chi connectivity index (χ1v) is 6.03. The molecule has 6 nitrogen and oxygen atoms in total. The summed E-state index contributed by atoms with van der Waals surface area (Å²) in [6.45, 7) is 4.42. The van der Waals surface area contributed by atoms with Gasteiger partial charge in [0, 0.05) is 31.6 Å². The van der Waals surface area contributed by atoms with Gasteiger partial charge in [-0.1, -0.05) is 6.08 Å². The number of carbonyl (C=O) groups excluding carboxylic acids is 1. The summed E-state index contributed by atoms with van der Waals surface area (Å²) in [5.74, 6) is -1.16. The highest BCUT2D eigenvalue weighted by atomic mass is 19.1. The van der Waals surface area contributed by atoms with Crippen molar-refractivity contribution in [2.45, 2.75) is 12.5 Å². The Kier molecular flexibility index (Phi) is 3.97. The molecule has 1 aliphatic heterocycles. The second-order valence-corrected chi connectivity index (χ2v) is 4.34. The quantitative estimate of drug-likeness (QED) is 0.469. The number of benzene rings is 1. The first-order chi connectivity index (χ1) is 9.52. The van der Waals surface area contributed by atoms with Crippen LogP contribution < -0.4 is 4.74 Å². The van der Waals surface area contributed by atoms with Gasteiger partial charge >= 0.3 is 5.69 Å². The Labute approximate surface area is 114 Å². The number of likely N-dealkylation sites (tertiary alicyclic amines) is 1. The van der Waals surface area contributed by atoms with Gasteiger partial charge in [0.05, 0.1) is 4.92 Å². The smallest absolute Gasteiger partial charge is 0.311 e. The molecule has 0 aliphatic carbocycles. The lowest BCUT2D eigenvalue weighted by atomic mass is 10.2. The van der Waals surface area contributed by atoms with Crippen LogP contribution in [-0.4, -0.2) is 34.9 Å². The average Bonchev–Trinajstić information content (AvgIpc) is 2.72. The van der Waals surface area contributed by atoms with Crippen molar-refractivity contribution in [3.8, 4) is 5.75 Å². The summed E-state index contributed by atoms with van der Waals surface area (Å²) in [5, 5.41) is 10.8. The van der Waals surface area contributed by atoms with Gasteiger partial charge in [-0.05, 0) is 6.07 Å². The highest BCUT2D eigenvalue weighted by Crippen LogP contribution is 2.30. The molecule has 7 heteroatoms. The van der Waals surface area contributed by atoms with Crippen LogP contribution in [0.4, 0.5) is 10.1 Å². The summed E-state index contributed by atoms with van der Waals surface area (Å²) in [5.41, 5.74) is -0.360. The van der Waals surface area contributed by atoms with E-state index in [0.29, 0.717) is 19.5 Å². The van der Waals surface area contributed by atoms with Gasteiger partial charge in [0.2, 0.25) is 5.75 Å². The predicted molar refractivity (Wildman–Crippen MR) is 68.9 cm³/mol. The highest BCUT2D eigenvalue weighted by molar-refractivity contribution is 5.83. The van der Waals surface area contributed by atoms with Crippen LogP contribution in [-0.2, 0) is 4.79 Å². The molecule has 0 bridgehead atoms. The minimum Gasteiger partial charge on any atom is -0.473 e. The maximum atomic E-state index is 13.2. The first kappa shape index (κ1) is 14.0. The third-order valence-electron chi connectivity index (χ3n) is 2.99. The monoisotopic (exact) mass is 280 g/mol. The Morgan fingerprint density at radius 2 is 2.35 bits per heavy atom. The number of ether oxygens (including phenoxy) is 1. The molecule has 1 aromatic carbocycles. The second-order valence-electron chi connectivity index (χ2n) is 4.34. The fourth-order valence-electron chi connectivity index (χ4n) is 2.04. The van der Waals surface area contributed by atoms with E-state index in [2.05, 4.69) is 6.58 Å². The lowest BCUT2D eigenvalue weighted by Crippen LogP contribution is -2.32. The van der Waals surface area contributed by atoms with Crippen molar-refractivity contribution in [2.75, 3.05) is 13.1 Å². The van der Waals surface area contributed by atoms with Gasteiger partial charge in [0.15, 0.2) is 6.10 Å².